The summed E-state index contributed by atoms with van der Waals surface area (Å²) in [6.07, 6.45) is 5.09. The number of ether oxygens (including phenoxy) is 1. The monoisotopic (exact) mass is 309 g/mol. The lowest BCUT2D eigenvalue weighted by Crippen LogP contribution is -2.55. The Morgan fingerprint density at radius 1 is 1.57 bits per heavy atom. The molecular formula is C16H27N3OS. The minimum absolute atomic E-state index is 0.301. The van der Waals surface area contributed by atoms with Gasteiger partial charge in [0, 0.05) is 36.1 Å². The van der Waals surface area contributed by atoms with Gasteiger partial charge in [-0.1, -0.05) is 6.92 Å². The van der Waals surface area contributed by atoms with Crippen LogP contribution in [0.1, 0.15) is 36.9 Å². The minimum atomic E-state index is 0.301. The summed E-state index contributed by atoms with van der Waals surface area (Å²) in [5.41, 5.74) is 1.13. The summed E-state index contributed by atoms with van der Waals surface area (Å²) in [6.45, 7) is 8.58. The molecule has 1 N–H and O–H groups in total. The van der Waals surface area contributed by atoms with E-state index in [0.717, 1.165) is 38.2 Å². The van der Waals surface area contributed by atoms with Gasteiger partial charge in [-0.25, -0.2) is 4.98 Å². The van der Waals surface area contributed by atoms with Crippen LogP contribution in [0.4, 0.5) is 0 Å². The number of thiazole rings is 1. The second-order valence-corrected chi connectivity index (χ2v) is 7.25. The lowest BCUT2D eigenvalue weighted by Gasteiger charge is -2.39. The van der Waals surface area contributed by atoms with E-state index in [2.05, 4.69) is 34.4 Å². The quantitative estimate of drug-likeness (QED) is 0.874. The summed E-state index contributed by atoms with van der Waals surface area (Å²) < 4.78 is 6.20. The molecule has 118 valence electrons. The Kier molecular flexibility index (Phi) is 5.27. The van der Waals surface area contributed by atoms with Gasteiger partial charge in [-0.2, -0.15) is 0 Å². The van der Waals surface area contributed by atoms with Gasteiger partial charge in [0.05, 0.1) is 17.7 Å². The number of aryl methyl sites for hydroxylation is 1. The van der Waals surface area contributed by atoms with Crippen LogP contribution in [0.25, 0.3) is 0 Å². The number of nitrogens with zero attached hydrogens (tertiary/aromatic N) is 2. The van der Waals surface area contributed by atoms with E-state index in [0.29, 0.717) is 18.2 Å². The molecule has 0 bridgehead atoms. The van der Waals surface area contributed by atoms with Crippen LogP contribution < -0.4 is 5.32 Å². The zero-order chi connectivity index (χ0) is 14.7. The average molecular weight is 309 g/mol. The van der Waals surface area contributed by atoms with Gasteiger partial charge < -0.3 is 10.1 Å². The van der Waals surface area contributed by atoms with Gasteiger partial charge in [0.25, 0.3) is 0 Å². The Labute approximate surface area is 131 Å². The molecule has 2 fully saturated rings. The number of hydrogen-bond donors (Lipinski definition) is 1. The molecule has 21 heavy (non-hydrogen) atoms. The van der Waals surface area contributed by atoms with Crippen LogP contribution in [-0.4, -0.2) is 54.3 Å². The van der Waals surface area contributed by atoms with Crippen molar-refractivity contribution in [2.75, 3.05) is 26.2 Å². The number of fused-ring (bicyclic) bond motifs is 1. The number of rotatable bonds is 6. The van der Waals surface area contributed by atoms with Crippen LogP contribution in [0.2, 0.25) is 0 Å². The van der Waals surface area contributed by atoms with E-state index in [-0.39, 0.29) is 0 Å². The van der Waals surface area contributed by atoms with Gasteiger partial charge in [-0.15, -0.1) is 11.3 Å². The predicted octanol–water partition coefficient (Wildman–Crippen LogP) is 2.23. The first kappa shape index (κ1) is 15.4. The topological polar surface area (TPSA) is 37.4 Å². The molecule has 3 unspecified atom stereocenters. The lowest BCUT2D eigenvalue weighted by molar-refractivity contribution is -0.0643. The van der Waals surface area contributed by atoms with Gasteiger partial charge in [0.1, 0.15) is 0 Å². The summed E-state index contributed by atoms with van der Waals surface area (Å²) in [7, 11) is 0. The first-order chi connectivity index (χ1) is 10.3. The van der Waals surface area contributed by atoms with E-state index < -0.39 is 0 Å². The van der Waals surface area contributed by atoms with Crippen LogP contribution in [0.3, 0.4) is 0 Å². The van der Waals surface area contributed by atoms with Gasteiger partial charge in [0.15, 0.2) is 0 Å². The maximum Gasteiger partial charge on any atom is 0.0944 e. The largest absolute Gasteiger partial charge is 0.374 e. The molecule has 1 aromatic heterocycles. The molecule has 0 amide bonds. The van der Waals surface area contributed by atoms with E-state index in [1.165, 1.54) is 24.4 Å². The number of nitrogens with one attached hydrogen (secondary N) is 1. The van der Waals surface area contributed by atoms with Gasteiger partial charge >= 0.3 is 0 Å². The first-order valence-corrected chi connectivity index (χ1v) is 9.14. The molecule has 4 nitrogen and oxygen atoms in total. The normalized spacial score (nSPS) is 27.7. The third kappa shape index (κ3) is 3.83. The minimum Gasteiger partial charge on any atom is -0.374 e. The SMILES string of the molecule is CCCNC(Cc1nc(C)cs1)C1CN2CCCC2CO1. The molecule has 0 aliphatic carbocycles. The molecule has 2 aliphatic heterocycles. The van der Waals surface area contributed by atoms with E-state index in [9.17, 15) is 0 Å². The zero-order valence-corrected chi connectivity index (χ0v) is 14.0. The molecule has 0 spiro atoms. The van der Waals surface area contributed by atoms with Gasteiger partial charge in [-0.3, -0.25) is 4.90 Å². The summed E-state index contributed by atoms with van der Waals surface area (Å²) in [6, 6.07) is 1.06. The molecule has 0 aromatic carbocycles. The summed E-state index contributed by atoms with van der Waals surface area (Å²) in [5, 5.41) is 7.06. The standard InChI is InChI=1S/C16H27N3OS/c1-3-6-17-14(8-16-18-12(2)11-21-16)15-9-19-7-4-5-13(19)10-20-15/h11,13-15,17H,3-10H2,1-2H3. The van der Waals surface area contributed by atoms with Crippen molar-refractivity contribution in [3.63, 3.8) is 0 Å². The zero-order valence-electron chi connectivity index (χ0n) is 13.2. The fourth-order valence-electron chi connectivity index (χ4n) is 3.44. The van der Waals surface area contributed by atoms with Crippen LogP contribution in [0.5, 0.6) is 0 Å². The van der Waals surface area contributed by atoms with E-state index in [4.69, 9.17) is 4.74 Å². The Hall–Kier alpha value is -0.490. The number of aromatic nitrogens is 1. The van der Waals surface area contributed by atoms with Crippen molar-refractivity contribution in [1.29, 1.82) is 0 Å². The molecule has 3 atom stereocenters. The molecule has 5 heteroatoms. The Morgan fingerprint density at radius 2 is 2.48 bits per heavy atom. The van der Waals surface area contributed by atoms with Crippen LogP contribution >= 0.6 is 11.3 Å². The average Bonchev–Trinajstić information content (AvgIpc) is 3.11. The highest BCUT2D eigenvalue weighted by Gasteiger charge is 2.35. The van der Waals surface area contributed by atoms with E-state index in [1.54, 1.807) is 11.3 Å². The van der Waals surface area contributed by atoms with Crippen LogP contribution in [0, 0.1) is 6.92 Å². The van der Waals surface area contributed by atoms with Crippen molar-refractivity contribution in [3.8, 4) is 0 Å². The second-order valence-electron chi connectivity index (χ2n) is 6.31. The van der Waals surface area contributed by atoms with Crippen LogP contribution in [-0.2, 0) is 11.2 Å². The summed E-state index contributed by atoms with van der Waals surface area (Å²) >= 11 is 1.77. The highest BCUT2D eigenvalue weighted by molar-refractivity contribution is 7.09. The van der Waals surface area contributed by atoms with Crippen molar-refractivity contribution in [3.05, 3.63) is 16.1 Å². The number of morpholine rings is 1. The molecule has 2 aliphatic rings. The molecule has 2 saturated heterocycles. The number of hydrogen-bond acceptors (Lipinski definition) is 5. The summed E-state index contributed by atoms with van der Waals surface area (Å²) in [4.78, 5) is 7.26. The van der Waals surface area contributed by atoms with Crippen molar-refractivity contribution >= 4 is 11.3 Å². The molecule has 3 rings (SSSR count). The Bertz CT molecular complexity index is 450. The smallest absolute Gasteiger partial charge is 0.0944 e. The van der Waals surface area contributed by atoms with Gasteiger partial charge in [-0.05, 0) is 39.3 Å². The van der Waals surface area contributed by atoms with Crippen molar-refractivity contribution < 1.29 is 4.74 Å². The molecule has 3 heterocycles. The first-order valence-electron chi connectivity index (χ1n) is 8.26. The highest BCUT2D eigenvalue weighted by Crippen LogP contribution is 2.25. The fourth-order valence-corrected chi connectivity index (χ4v) is 4.27. The Morgan fingerprint density at radius 3 is 3.24 bits per heavy atom. The maximum absolute atomic E-state index is 6.20. The van der Waals surface area contributed by atoms with Crippen molar-refractivity contribution in [2.45, 2.75) is 57.7 Å². The lowest BCUT2D eigenvalue weighted by atomic mass is 10.0. The highest BCUT2D eigenvalue weighted by atomic mass is 32.1. The maximum atomic E-state index is 6.20. The molecule has 0 radical (unpaired) electrons. The molecule has 1 aromatic rings. The van der Waals surface area contributed by atoms with Crippen molar-refractivity contribution in [1.82, 2.24) is 15.2 Å². The predicted molar refractivity (Wildman–Crippen MR) is 87.0 cm³/mol. The summed E-state index contributed by atoms with van der Waals surface area (Å²) in [5.74, 6) is 0. The van der Waals surface area contributed by atoms with Gasteiger partial charge in [0.2, 0.25) is 0 Å². The second kappa shape index (κ2) is 7.18. The van der Waals surface area contributed by atoms with E-state index >= 15 is 0 Å². The fraction of sp³-hybridized carbons (Fsp3) is 0.812. The Balaban J connectivity index is 1.63. The third-order valence-electron chi connectivity index (χ3n) is 4.58. The third-order valence-corrected chi connectivity index (χ3v) is 5.57. The van der Waals surface area contributed by atoms with Crippen molar-refractivity contribution in [2.24, 2.45) is 0 Å². The molecular weight excluding hydrogens is 282 g/mol. The van der Waals surface area contributed by atoms with Crippen LogP contribution in [0.15, 0.2) is 5.38 Å². The molecule has 0 saturated carbocycles. The van der Waals surface area contributed by atoms with E-state index in [1.807, 2.05) is 0 Å².